The highest BCUT2D eigenvalue weighted by molar-refractivity contribution is 5.52. The van der Waals surface area contributed by atoms with Crippen LogP contribution in [0.2, 0.25) is 0 Å². The van der Waals surface area contributed by atoms with Crippen LogP contribution in [0.15, 0.2) is 54.7 Å². The fraction of sp³-hybridized carbons (Fsp3) is 0.300. The van der Waals surface area contributed by atoms with Crippen molar-refractivity contribution in [2.45, 2.75) is 19.7 Å². The van der Waals surface area contributed by atoms with E-state index in [1.54, 1.807) is 7.11 Å². The predicted octanol–water partition coefficient (Wildman–Crippen LogP) is 3.18. The molecule has 4 rings (SSSR count). The summed E-state index contributed by atoms with van der Waals surface area (Å²) in [7, 11) is 1.67. The first-order valence-corrected chi connectivity index (χ1v) is 8.71. The van der Waals surface area contributed by atoms with Crippen molar-refractivity contribution in [3.05, 3.63) is 71.5 Å². The Bertz CT molecular complexity index is 893. The number of hydrogen-bond acceptors (Lipinski definition) is 5. The summed E-state index contributed by atoms with van der Waals surface area (Å²) in [6, 6.07) is 16.4. The number of methoxy groups -OCH3 is 1. The van der Waals surface area contributed by atoms with Crippen LogP contribution in [0.4, 0.5) is 5.69 Å². The lowest BCUT2D eigenvalue weighted by molar-refractivity contribution is 0.110. The molecule has 134 valence electrons. The molecule has 0 unspecified atom stereocenters. The van der Waals surface area contributed by atoms with Gasteiger partial charge in [0, 0.05) is 18.3 Å². The Labute approximate surface area is 153 Å². The molecule has 1 aromatic heterocycles. The number of ether oxygens (including phenoxy) is 2. The molecule has 1 aliphatic heterocycles. The van der Waals surface area contributed by atoms with Gasteiger partial charge in [-0.3, -0.25) is 0 Å². The molecule has 6 heteroatoms. The standard InChI is InChI=1S/C20H22N4O2/c1-15-5-3-6-16(11-15)13-23-14-19(21-22-23)20-24(9-10-26-20)17-7-4-8-18(12-17)25-2/h3-8,11-12,14,20H,9-10,13H2,1-2H3/t20-/m1/s1. The summed E-state index contributed by atoms with van der Waals surface area (Å²) in [5.74, 6) is 0.830. The SMILES string of the molecule is COc1cccc(N2CCO[C@@H]2c2cn(Cc3cccc(C)c3)nn2)c1. The summed E-state index contributed by atoms with van der Waals surface area (Å²) in [6.45, 7) is 4.25. The first kappa shape index (κ1) is 16.6. The number of nitrogens with zero attached hydrogens (tertiary/aromatic N) is 4. The van der Waals surface area contributed by atoms with Crippen LogP contribution in [0.25, 0.3) is 0 Å². The van der Waals surface area contributed by atoms with Gasteiger partial charge in [-0.25, -0.2) is 4.68 Å². The normalized spacial score (nSPS) is 16.8. The van der Waals surface area contributed by atoms with Gasteiger partial charge in [0.25, 0.3) is 0 Å². The molecular weight excluding hydrogens is 328 g/mol. The lowest BCUT2D eigenvalue weighted by Crippen LogP contribution is -2.23. The quantitative estimate of drug-likeness (QED) is 0.707. The monoisotopic (exact) mass is 350 g/mol. The molecule has 2 aromatic carbocycles. The maximum Gasteiger partial charge on any atom is 0.177 e. The smallest absolute Gasteiger partial charge is 0.177 e. The Kier molecular flexibility index (Phi) is 4.58. The maximum atomic E-state index is 5.93. The fourth-order valence-corrected chi connectivity index (χ4v) is 3.27. The molecule has 0 aliphatic carbocycles. The molecule has 6 nitrogen and oxygen atoms in total. The van der Waals surface area contributed by atoms with E-state index in [-0.39, 0.29) is 6.23 Å². The third-order valence-electron chi connectivity index (χ3n) is 4.51. The summed E-state index contributed by atoms with van der Waals surface area (Å²) < 4.78 is 13.1. The summed E-state index contributed by atoms with van der Waals surface area (Å²) in [4.78, 5) is 2.18. The van der Waals surface area contributed by atoms with Gasteiger partial charge in [-0.2, -0.15) is 0 Å². The number of benzene rings is 2. The number of aromatic nitrogens is 3. The van der Waals surface area contributed by atoms with Crippen molar-refractivity contribution < 1.29 is 9.47 Å². The molecule has 0 saturated carbocycles. The molecule has 1 aliphatic rings. The predicted molar refractivity (Wildman–Crippen MR) is 99.3 cm³/mol. The van der Waals surface area contributed by atoms with Gasteiger partial charge in [0.05, 0.1) is 26.5 Å². The van der Waals surface area contributed by atoms with Gasteiger partial charge in [-0.15, -0.1) is 5.10 Å². The van der Waals surface area contributed by atoms with Gasteiger partial charge < -0.3 is 14.4 Å². The van der Waals surface area contributed by atoms with Gasteiger partial charge in [-0.05, 0) is 24.6 Å². The molecule has 0 amide bonds. The molecule has 2 heterocycles. The average Bonchev–Trinajstić information content (AvgIpc) is 3.31. The first-order valence-electron chi connectivity index (χ1n) is 8.71. The highest BCUT2D eigenvalue weighted by Gasteiger charge is 2.29. The van der Waals surface area contributed by atoms with Gasteiger partial charge in [0.2, 0.25) is 0 Å². The molecule has 3 aromatic rings. The highest BCUT2D eigenvalue weighted by Crippen LogP contribution is 2.32. The molecule has 0 spiro atoms. The van der Waals surface area contributed by atoms with Crippen molar-refractivity contribution in [3.63, 3.8) is 0 Å². The zero-order chi connectivity index (χ0) is 17.9. The number of hydrogen-bond donors (Lipinski definition) is 0. The number of anilines is 1. The van der Waals surface area contributed by atoms with E-state index < -0.39 is 0 Å². The Morgan fingerprint density at radius 3 is 2.92 bits per heavy atom. The minimum Gasteiger partial charge on any atom is -0.497 e. The maximum absolute atomic E-state index is 5.93. The van der Waals surface area contributed by atoms with Crippen LogP contribution >= 0.6 is 0 Å². The topological polar surface area (TPSA) is 52.4 Å². The lowest BCUT2D eigenvalue weighted by atomic mass is 10.1. The van der Waals surface area contributed by atoms with Crippen molar-refractivity contribution in [2.75, 3.05) is 25.2 Å². The molecule has 0 N–H and O–H groups in total. The zero-order valence-corrected chi connectivity index (χ0v) is 15.0. The minimum atomic E-state index is -0.228. The van der Waals surface area contributed by atoms with Gasteiger partial charge in [0.15, 0.2) is 6.23 Å². The van der Waals surface area contributed by atoms with Crippen LogP contribution in [0.3, 0.4) is 0 Å². The molecule has 0 radical (unpaired) electrons. The van der Waals surface area contributed by atoms with Crippen molar-refractivity contribution in [1.29, 1.82) is 0 Å². The van der Waals surface area contributed by atoms with Gasteiger partial charge >= 0.3 is 0 Å². The second kappa shape index (κ2) is 7.17. The minimum absolute atomic E-state index is 0.228. The van der Waals surface area contributed by atoms with Crippen molar-refractivity contribution in [3.8, 4) is 5.75 Å². The van der Waals surface area contributed by atoms with E-state index >= 15 is 0 Å². The number of rotatable bonds is 5. The first-order chi connectivity index (χ1) is 12.7. The average molecular weight is 350 g/mol. The molecule has 1 fully saturated rings. The van der Waals surface area contributed by atoms with E-state index in [0.29, 0.717) is 13.2 Å². The van der Waals surface area contributed by atoms with Crippen LogP contribution in [0, 0.1) is 6.92 Å². The molecule has 1 atom stereocenters. The van der Waals surface area contributed by atoms with Crippen LogP contribution in [-0.4, -0.2) is 35.3 Å². The van der Waals surface area contributed by atoms with Crippen molar-refractivity contribution in [1.82, 2.24) is 15.0 Å². The second-order valence-electron chi connectivity index (χ2n) is 6.45. The number of aryl methyl sites for hydroxylation is 1. The summed E-state index contributed by atoms with van der Waals surface area (Å²) in [5, 5.41) is 8.63. The zero-order valence-electron chi connectivity index (χ0n) is 15.0. The Balaban J connectivity index is 1.54. The van der Waals surface area contributed by atoms with Crippen LogP contribution in [-0.2, 0) is 11.3 Å². The Morgan fingerprint density at radius 2 is 2.08 bits per heavy atom. The van der Waals surface area contributed by atoms with E-state index in [1.165, 1.54) is 11.1 Å². The van der Waals surface area contributed by atoms with Crippen molar-refractivity contribution in [2.24, 2.45) is 0 Å². The largest absolute Gasteiger partial charge is 0.497 e. The second-order valence-corrected chi connectivity index (χ2v) is 6.45. The molecule has 26 heavy (non-hydrogen) atoms. The van der Waals surface area contributed by atoms with Gasteiger partial charge in [0.1, 0.15) is 11.4 Å². The van der Waals surface area contributed by atoms with E-state index in [9.17, 15) is 0 Å². The third kappa shape index (κ3) is 3.41. The third-order valence-corrected chi connectivity index (χ3v) is 4.51. The molecule has 1 saturated heterocycles. The van der Waals surface area contributed by atoms with E-state index in [1.807, 2.05) is 29.1 Å². The van der Waals surface area contributed by atoms with Crippen LogP contribution < -0.4 is 9.64 Å². The fourth-order valence-electron chi connectivity index (χ4n) is 3.27. The van der Waals surface area contributed by atoms with Gasteiger partial charge in [-0.1, -0.05) is 41.1 Å². The molecule has 0 bridgehead atoms. The van der Waals surface area contributed by atoms with E-state index in [4.69, 9.17) is 9.47 Å². The highest BCUT2D eigenvalue weighted by atomic mass is 16.5. The Hall–Kier alpha value is -2.86. The summed E-state index contributed by atoms with van der Waals surface area (Å²) in [6.07, 6.45) is 1.74. The molecular formula is C20H22N4O2. The van der Waals surface area contributed by atoms with Crippen LogP contribution in [0.5, 0.6) is 5.75 Å². The van der Waals surface area contributed by atoms with E-state index in [2.05, 4.69) is 52.5 Å². The Morgan fingerprint density at radius 1 is 1.19 bits per heavy atom. The van der Waals surface area contributed by atoms with Crippen LogP contribution in [0.1, 0.15) is 23.0 Å². The summed E-state index contributed by atoms with van der Waals surface area (Å²) >= 11 is 0. The lowest BCUT2D eigenvalue weighted by Gasteiger charge is -2.23. The van der Waals surface area contributed by atoms with Crippen molar-refractivity contribution >= 4 is 5.69 Å². The van der Waals surface area contributed by atoms with E-state index in [0.717, 1.165) is 23.7 Å². The summed E-state index contributed by atoms with van der Waals surface area (Å²) in [5.41, 5.74) is 4.32.